The van der Waals surface area contributed by atoms with Crippen molar-refractivity contribution in [3.63, 3.8) is 0 Å². The summed E-state index contributed by atoms with van der Waals surface area (Å²) >= 11 is 0. The van der Waals surface area contributed by atoms with Crippen molar-refractivity contribution in [2.75, 3.05) is 6.79 Å². The molecule has 2 bridgehead atoms. The number of hydrogen-bond donors (Lipinski definition) is 1. The van der Waals surface area contributed by atoms with Crippen molar-refractivity contribution in [2.45, 2.75) is 13.0 Å². The minimum Gasteiger partial charge on any atom is -0.457 e. The topological polar surface area (TPSA) is 38.7 Å². The molecule has 3 nitrogen and oxygen atoms in total. The maximum atomic E-state index is 9.33. The largest absolute Gasteiger partial charge is 0.457 e. The number of benzene rings is 1. The van der Waals surface area contributed by atoms with Gasteiger partial charge in [0.25, 0.3) is 0 Å². The van der Waals surface area contributed by atoms with Crippen LogP contribution in [0.2, 0.25) is 0 Å². The molecule has 1 aromatic carbocycles. The molecule has 1 aliphatic heterocycles. The highest BCUT2D eigenvalue weighted by Gasteiger charge is 2.13. The molecule has 1 atom stereocenters. The second kappa shape index (κ2) is 2.68. The fourth-order valence-corrected chi connectivity index (χ4v) is 1.24. The summed E-state index contributed by atoms with van der Waals surface area (Å²) in [7, 11) is 0. The van der Waals surface area contributed by atoms with Gasteiger partial charge in [0.1, 0.15) is 11.5 Å². The van der Waals surface area contributed by atoms with E-state index in [0.717, 1.165) is 11.3 Å². The Bertz CT molecular complexity index is 294. The molecule has 0 saturated carbocycles. The summed E-state index contributed by atoms with van der Waals surface area (Å²) in [5.41, 5.74) is 0.807. The first-order chi connectivity index (χ1) is 5.77. The maximum absolute atomic E-state index is 9.33. The van der Waals surface area contributed by atoms with E-state index in [0.29, 0.717) is 5.75 Å². The van der Waals surface area contributed by atoms with Crippen LogP contribution in [0.5, 0.6) is 11.5 Å². The van der Waals surface area contributed by atoms with Crippen molar-refractivity contribution >= 4 is 0 Å². The fraction of sp³-hybridized carbons (Fsp3) is 0.333. The van der Waals surface area contributed by atoms with E-state index >= 15 is 0 Å². The van der Waals surface area contributed by atoms with Crippen molar-refractivity contribution in [2.24, 2.45) is 0 Å². The Morgan fingerprint density at radius 1 is 1.42 bits per heavy atom. The highest BCUT2D eigenvalue weighted by molar-refractivity contribution is 5.42. The van der Waals surface area contributed by atoms with Crippen LogP contribution in [0.3, 0.4) is 0 Å². The van der Waals surface area contributed by atoms with E-state index in [1.807, 2.05) is 12.1 Å². The lowest BCUT2D eigenvalue weighted by molar-refractivity contribution is 0.0985. The molecule has 1 aliphatic rings. The molecular formula is C9H10O3. The first kappa shape index (κ1) is 7.43. The summed E-state index contributed by atoms with van der Waals surface area (Å²) in [6.45, 7) is 1.95. The quantitative estimate of drug-likeness (QED) is 0.686. The van der Waals surface area contributed by atoms with Crippen molar-refractivity contribution in [1.82, 2.24) is 0 Å². The molecule has 0 aromatic heterocycles. The molecule has 0 radical (unpaired) electrons. The monoisotopic (exact) mass is 166 g/mol. The lowest BCUT2D eigenvalue weighted by atomic mass is 10.1. The van der Waals surface area contributed by atoms with E-state index in [1.54, 1.807) is 13.0 Å². The maximum Gasteiger partial charge on any atom is 0.230 e. The minimum atomic E-state index is -0.493. The molecule has 12 heavy (non-hydrogen) atoms. The average Bonchev–Trinajstić information content (AvgIpc) is 2.04. The third kappa shape index (κ3) is 1.12. The Kier molecular flexibility index (Phi) is 1.66. The highest BCUT2D eigenvalue weighted by atomic mass is 16.7. The Hall–Kier alpha value is -1.22. The van der Waals surface area contributed by atoms with Gasteiger partial charge in [-0.1, -0.05) is 0 Å². The minimum absolute atomic E-state index is 0.238. The summed E-state index contributed by atoms with van der Waals surface area (Å²) in [5, 5.41) is 9.33. The van der Waals surface area contributed by atoms with Crippen LogP contribution in [-0.4, -0.2) is 11.9 Å². The molecule has 0 aliphatic carbocycles. The lowest BCUT2D eigenvalue weighted by Gasteiger charge is -2.19. The normalized spacial score (nSPS) is 16.2. The van der Waals surface area contributed by atoms with Gasteiger partial charge in [-0.2, -0.15) is 0 Å². The van der Waals surface area contributed by atoms with Gasteiger partial charge in [-0.3, -0.25) is 0 Å². The van der Waals surface area contributed by atoms with Crippen LogP contribution in [-0.2, 0) is 0 Å². The summed E-state index contributed by atoms with van der Waals surface area (Å²) in [4.78, 5) is 0. The molecular weight excluding hydrogens is 156 g/mol. The van der Waals surface area contributed by atoms with Crippen LogP contribution < -0.4 is 9.47 Å². The highest BCUT2D eigenvalue weighted by Crippen LogP contribution is 2.31. The Labute approximate surface area is 70.5 Å². The molecule has 64 valence electrons. The number of rotatable bonds is 1. The fourth-order valence-electron chi connectivity index (χ4n) is 1.24. The van der Waals surface area contributed by atoms with Gasteiger partial charge in [0.2, 0.25) is 6.79 Å². The Morgan fingerprint density at radius 3 is 3.00 bits per heavy atom. The van der Waals surface area contributed by atoms with Crippen LogP contribution >= 0.6 is 0 Å². The van der Waals surface area contributed by atoms with Crippen LogP contribution in [0, 0.1) is 0 Å². The molecule has 0 amide bonds. The second-order valence-electron chi connectivity index (χ2n) is 2.78. The molecule has 1 N–H and O–H groups in total. The van der Waals surface area contributed by atoms with Gasteiger partial charge in [-0.15, -0.1) is 0 Å². The summed E-state index contributed by atoms with van der Waals surface area (Å²) < 4.78 is 10.3. The molecule has 0 fully saturated rings. The Balaban J connectivity index is 2.45. The van der Waals surface area contributed by atoms with Crippen LogP contribution in [0.15, 0.2) is 18.2 Å². The zero-order valence-corrected chi connectivity index (χ0v) is 6.78. The van der Waals surface area contributed by atoms with E-state index in [4.69, 9.17) is 9.47 Å². The van der Waals surface area contributed by atoms with Gasteiger partial charge in [0.05, 0.1) is 6.10 Å². The van der Waals surface area contributed by atoms with Crippen LogP contribution in [0.1, 0.15) is 18.6 Å². The summed E-state index contributed by atoms with van der Waals surface area (Å²) in [5.74, 6) is 1.51. The second-order valence-corrected chi connectivity index (χ2v) is 2.78. The third-order valence-corrected chi connectivity index (χ3v) is 1.88. The van der Waals surface area contributed by atoms with Crippen LogP contribution in [0.25, 0.3) is 0 Å². The first-order valence-electron chi connectivity index (χ1n) is 3.85. The lowest BCUT2D eigenvalue weighted by Crippen LogP contribution is -2.12. The predicted octanol–water partition coefficient (Wildman–Crippen LogP) is 1.47. The van der Waals surface area contributed by atoms with Crippen molar-refractivity contribution in [3.8, 4) is 11.5 Å². The number of fused-ring (bicyclic) bond motifs is 2. The SMILES string of the molecule is C[C@@H](O)c1ccc2cc1OCO2. The van der Waals surface area contributed by atoms with Gasteiger partial charge < -0.3 is 14.6 Å². The standard InChI is InChI=1S/C9H10O3/c1-6(10)8-3-2-7-4-9(8)12-5-11-7/h2-4,6,10H,5H2,1H3/t6-/m1/s1. The third-order valence-electron chi connectivity index (χ3n) is 1.88. The van der Waals surface area contributed by atoms with Gasteiger partial charge in [-0.05, 0) is 19.1 Å². The number of aliphatic hydroxyl groups excluding tert-OH is 1. The van der Waals surface area contributed by atoms with E-state index in [-0.39, 0.29) is 6.79 Å². The Morgan fingerprint density at radius 2 is 2.25 bits per heavy atom. The van der Waals surface area contributed by atoms with Gasteiger partial charge >= 0.3 is 0 Å². The van der Waals surface area contributed by atoms with Gasteiger partial charge in [0.15, 0.2) is 0 Å². The predicted molar refractivity (Wildman–Crippen MR) is 43.2 cm³/mol. The number of aliphatic hydroxyl groups is 1. The van der Waals surface area contributed by atoms with Crippen molar-refractivity contribution in [3.05, 3.63) is 23.8 Å². The number of ether oxygens (including phenoxy) is 2. The van der Waals surface area contributed by atoms with E-state index < -0.39 is 6.10 Å². The molecule has 2 rings (SSSR count). The van der Waals surface area contributed by atoms with E-state index in [1.165, 1.54) is 0 Å². The molecule has 1 heterocycles. The van der Waals surface area contributed by atoms with E-state index in [9.17, 15) is 5.11 Å². The van der Waals surface area contributed by atoms with Gasteiger partial charge in [0, 0.05) is 11.6 Å². The molecule has 0 spiro atoms. The first-order valence-corrected chi connectivity index (χ1v) is 3.85. The van der Waals surface area contributed by atoms with Crippen molar-refractivity contribution < 1.29 is 14.6 Å². The molecule has 3 heteroatoms. The smallest absolute Gasteiger partial charge is 0.230 e. The zero-order valence-electron chi connectivity index (χ0n) is 6.78. The summed E-state index contributed by atoms with van der Waals surface area (Å²) in [6.07, 6.45) is -0.493. The van der Waals surface area contributed by atoms with Gasteiger partial charge in [-0.25, -0.2) is 0 Å². The van der Waals surface area contributed by atoms with Crippen molar-refractivity contribution in [1.29, 1.82) is 0 Å². The van der Waals surface area contributed by atoms with Crippen LogP contribution in [0.4, 0.5) is 0 Å². The zero-order chi connectivity index (χ0) is 8.55. The van der Waals surface area contributed by atoms with E-state index in [2.05, 4.69) is 0 Å². The molecule has 1 aromatic rings. The number of hydrogen-bond acceptors (Lipinski definition) is 3. The molecule has 0 unspecified atom stereocenters. The summed E-state index contributed by atoms with van der Waals surface area (Å²) in [6, 6.07) is 5.42. The average molecular weight is 166 g/mol. The molecule has 0 saturated heterocycles.